The second-order valence-electron chi connectivity index (χ2n) is 6.72. The summed E-state index contributed by atoms with van der Waals surface area (Å²) in [6, 6.07) is 27.8. The smallest absolute Gasteiger partial charge is 0.122 e. The SMILES string of the molecule is Cc1ccc(C2(c3cccc4ccccc34)C=c3ccccc3=C2)o1. The molecule has 0 spiro atoms. The highest BCUT2D eigenvalue weighted by Gasteiger charge is 2.36. The molecule has 1 heterocycles. The Hall–Kier alpha value is -3.06. The van der Waals surface area contributed by atoms with E-state index in [1.54, 1.807) is 0 Å². The predicted molar refractivity (Wildman–Crippen MR) is 103 cm³/mol. The highest BCUT2D eigenvalue weighted by atomic mass is 16.3. The number of rotatable bonds is 2. The molecule has 1 aromatic heterocycles. The lowest BCUT2D eigenvalue weighted by molar-refractivity contribution is 0.467. The van der Waals surface area contributed by atoms with Gasteiger partial charge in [0.25, 0.3) is 0 Å². The summed E-state index contributed by atoms with van der Waals surface area (Å²) in [5.41, 5.74) is 0.884. The molecule has 0 atom stereocenters. The van der Waals surface area contributed by atoms with E-state index in [9.17, 15) is 0 Å². The fourth-order valence-electron chi connectivity index (χ4n) is 3.98. The van der Waals surface area contributed by atoms with Crippen LogP contribution in [-0.2, 0) is 5.41 Å². The Labute approximate surface area is 146 Å². The lowest BCUT2D eigenvalue weighted by Gasteiger charge is -2.25. The molecule has 0 bridgehead atoms. The van der Waals surface area contributed by atoms with Crippen molar-refractivity contribution in [2.75, 3.05) is 0 Å². The van der Waals surface area contributed by atoms with Gasteiger partial charge in [0.15, 0.2) is 0 Å². The molecule has 0 N–H and O–H groups in total. The van der Waals surface area contributed by atoms with E-state index in [2.05, 4.69) is 84.9 Å². The predicted octanol–water partition coefficient (Wildman–Crippen LogP) is 4.30. The third kappa shape index (κ3) is 2.09. The second-order valence-corrected chi connectivity index (χ2v) is 6.72. The van der Waals surface area contributed by atoms with Crippen molar-refractivity contribution in [3.63, 3.8) is 0 Å². The molecule has 25 heavy (non-hydrogen) atoms. The van der Waals surface area contributed by atoms with E-state index in [-0.39, 0.29) is 5.41 Å². The van der Waals surface area contributed by atoms with Crippen LogP contribution in [0.3, 0.4) is 0 Å². The summed E-state index contributed by atoms with van der Waals surface area (Å²) >= 11 is 0. The largest absolute Gasteiger partial charge is 0.465 e. The van der Waals surface area contributed by atoms with Gasteiger partial charge in [-0.15, -0.1) is 0 Å². The lowest BCUT2D eigenvalue weighted by Crippen LogP contribution is -2.20. The standard InChI is InChI=1S/C24H18O/c1-17-13-14-23(25-17)24(15-19-8-2-3-9-20(19)16-24)22-12-6-10-18-7-4-5-11-21(18)22/h2-16H,1H3. The highest BCUT2D eigenvalue weighted by Crippen LogP contribution is 2.41. The van der Waals surface area contributed by atoms with Crippen LogP contribution >= 0.6 is 0 Å². The molecule has 5 rings (SSSR count). The highest BCUT2D eigenvalue weighted by molar-refractivity contribution is 5.91. The third-order valence-electron chi connectivity index (χ3n) is 5.15. The van der Waals surface area contributed by atoms with E-state index in [0.29, 0.717) is 0 Å². The van der Waals surface area contributed by atoms with Crippen molar-refractivity contribution in [3.8, 4) is 0 Å². The molecule has 1 aliphatic carbocycles. The van der Waals surface area contributed by atoms with Crippen LogP contribution in [0.2, 0.25) is 0 Å². The molecule has 3 aromatic carbocycles. The van der Waals surface area contributed by atoms with Gasteiger partial charge in [-0.2, -0.15) is 0 Å². The molecule has 1 heteroatoms. The van der Waals surface area contributed by atoms with Gasteiger partial charge < -0.3 is 4.42 Å². The Morgan fingerprint density at radius 2 is 1.36 bits per heavy atom. The van der Waals surface area contributed by atoms with E-state index in [4.69, 9.17) is 4.42 Å². The zero-order valence-corrected chi connectivity index (χ0v) is 14.1. The Morgan fingerprint density at radius 3 is 2.08 bits per heavy atom. The molecule has 4 aromatic rings. The molecule has 0 saturated carbocycles. The maximum atomic E-state index is 6.14. The molecular formula is C24H18O. The quantitative estimate of drug-likeness (QED) is 0.536. The number of aryl methyl sites for hydroxylation is 1. The summed E-state index contributed by atoms with van der Waals surface area (Å²) in [5.74, 6) is 1.91. The average molecular weight is 322 g/mol. The van der Waals surface area contributed by atoms with E-state index in [1.807, 2.05) is 13.0 Å². The molecule has 120 valence electrons. The molecule has 0 fully saturated rings. The van der Waals surface area contributed by atoms with Gasteiger partial charge in [-0.25, -0.2) is 0 Å². The van der Waals surface area contributed by atoms with Crippen molar-refractivity contribution in [1.29, 1.82) is 0 Å². The fraction of sp³-hybridized carbons (Fsp3) is 0.0833. The molecule has 0 saturated heterocycles. The average Bonchev–Trinajstić information content (AvgIpc) is 3.25. The number of hydrogen-bond acceptors (Lipinski definition) is 1. The normalized spacial score (nSPS) is 14.8. The summed E-state index contributed by atoms with van der Waals surface area (Å²) in [5, 5.41) is 5.02. The maximum absolute atomic E-state index is 6.14. The van der Waals surface area contributed by atoms with Crippen LogP contribution in [0.1, 0.15) is 17.1 Å². The zero-order valence-electron chi connectivity index (χ0n) is 14.1. The van der Waals surface area contributed by atoms with Crippen molar-refractivity contribution in [1.82, 2.24) is 0 Å². The fourth-order valence-corrected chi connectivity index (χ4v) is 3.98. The molecular weight excluding hydrogens is 304 g/mol. The van der Waals surface area contributed by atoms with E-state index >= 15 is 0 Å². The number of furan rings is 1. The van der Waals surface area contributed by atoms with Crippen LogP contribution < -0.4 is 10.4 Å². The van der Waals surface area contributed by atoms with Crippen molar-refractivity contribution >= 4 is 22.9 Å². The number of benzene rings is 3. The van der Waals surface area contributed by atoms with Crippen LogP contribution in [0.5, 0.6) is 0 Å². The second kappa shape index (κ2) is 5.22. The Morgan fingerprint density at radius 1 is 0.680 bits per heavy atom. The van der Waals surface area contributed by atoms with Crippen LogP contribution in [0, 0.1) is 6.92 Å². The number of hydrogen-bond donors (Lipinski definition) is 0. The number of fused-ring (bicyclic) bond motifs is 2. The molecule has 0 unspecified atom stereocenters. The zero-order chi connectivity index (χ0) is 16.9. The summed E-state index contributed by atoms with van der Waals surface area (Å²) < 4.78 is 6.14. The van der Waals surface area contributed by atoms with Gasteiger partial charge in [-0.05, 0) is 45.8 Å². The van der Waals surface area contributed by atoms with Gasteiger partial charge >= 0.3 is 0 Å². The van der Waals surface area contributed by atoms with Gasteiger partial charge in [-0.1, -0.05) is 78.9 Å². The molecule has 0 aliphatic heterocycles. The lowest BCUT2D eigenvalue weighted by atomic mass is 9.77. The Bertz CT molecular complexity index is 1170. The molecule has 0 amide bonds. The minimum absolute atomic E-state index is 0.376. The molecule has 1 nitrogen and oxygen atoms in total. The van der Waals surface area contributed by atoms with Crippen LogP contribution in [0.15, 0.2) is 83.3 Å². The summed E-state index contributed by atoms with van der Waals surface area (Å²) in [6.45, 7) is 2.00. The first-order valence-electron chi connectivity index (χ1n) is 8.62. The first kappa shape index (κ1) is 14.3. The van der Waals surface area contributed by atoms with E-state index < -0.39 is 0 Å². The monoisotopic (exact) mass is 322 g/mol. The third-order valence-corrected chi connectivity index (χ3v) is 5.15. The van der Waals surface area contributed by atoms with Gasteiger partial charge in [0.2, 0.25) is 0 Å². The van der Waals surface area contributed by atoms with Gasteiger partial charge in [0, 0.05) is 0 Å². The summed E-state index contributed by atoms with van der Waals surface area (Å²) in [4.78, 5) is 0. The minimum atomic E-state index is -0.376. The Balaban J connectivity index is 1.91. The van der Waals surface area contributed by atoms with E-state index in [1.165, 1.54) is 26.8 Å². The van der Waals surface area contributed by atoms with Crippen LogP contribution in [0.25, 0.3) is 22.9 Å². The summed E-state index contributed by atoms with van der Waals surface area (Å²) in [7, 11) is 0. The van der Waals surface area contributed by atoms with Crippen molar-refractivity contribution in [2.24, 2.45) is 0 Å². The first-order chi connectivity index (χ1) is 12.3. The first-order valence-corrected chi connectivity index (χ1v) is 8.62. The molecule has 0 radical (unpaired) electrons. The van der Waals surface area contributed by atoms with Gasteiger partial charge in [-0.3, -0.25) is 0 Å². The van der Waals surface area contributed by atoms with Gasteiger partial charge in [0.05, 0.1) is 5.41 Å². The minimum Gasteiger partial charge on any atom is -0.465 e. The molecule has 1 aliphatic rings. The Kier molecular flexibility index (Phi) is 2.98. The van der Waals surface area contributed by atoms with E-state index in [0.717, 1.165) is 11.5 Å². The van der Waals surface area contributed by atoms with Crippen molar-refractivity contribution in [2.45, 2.75) is 12.3 Å². The van der Waals surface area contributed by atoms with Crippen LogP contribution in [0.4, 0.5) is 0 Å². The maximum Gasteiger partial charge on any atom is 0.122 e. The van der Waals surface area contributed by atoms with Gasteiger partial charge in [0.1, 0.15) is 11.5 Å². The van der Waals surface area contributed by atoms with Crippen molar-refractivity contribution < 1.29 is 4.42 Å². The summed E-state index contributed by atoms with van der Waals surface area (Å²) in [6.07, 6.45) is 4.67. The topological polar surface area (TPSA) is 13.1 Å². The van der Waals surface area contributed by atoms with Crippen LogP contribution in [-0.4, -0.2) is 0 Å². The van der Waals surface area contributed by atoms with Crippen molar-refractivity contribution in [3.05, 3.63) is 106 Å².